The van der Waals surface area contributed by atoms with Crippen molar-refractivity contribution < 1.29 is 14.3 Å². The Hall–Kier alpha value is -1.51. The van der Waals surface area contributed by atoms with Crippen LogP contribution in [0, 0.1) is 23.7 Å². The van der Waals surface area contributed by atoms with Crippen LogP contribution in [0.25, 0.3) is 0 Å². The summed E-state index contributed by atoms with van der Waals surface area (Å²) >= 11 is 0. The summed E-state index contributed by atoms with van der Waals surface area (Å²) in [5.41, 5.74) is 0.579. The summed E-state index contributed by atoms with van der Waals surface area (Å²) in [7, 11) is 1.40. The molecule has 4 aliphatic rings. The predicted molar refractivity (Wildman–Crippen MR) is 79.2 cm³/mol. The first-order chi connectivity index (χ1) is 10.2. The van der Waals surface area contributed by atoms with E-state index in [1.807, 2.05) is 12.1 Å². The van der Waals surface area contributed by atoms with Crippen molar-refractivity contribution in [1.29, 1.82) is 0 Å². The molecule has 0 radical (unpaired) electrons. The van der Waals surface area contributed by atoms with Crippen molar-refractivity contribution in [3.05, 3.63) is 29.8 Å². The third-order valence-corrected chi connectivity index (χ3v) is 5.69. The fourth-order valence-corrected chi connectivity index (χ4v) is 5.01. The van der Waals surface area contributed by atoms with Crippen LogP contribution in [0.3, 0.4) is 0 Å². The van der Waals surface area contributed by atoms with Gasteiger partial charge in [0.15, 0.2) is 0 Å². The molecule has 4 bridgehead atoms. The number of carbonyl (C=O) groups excluding carboxylic acids is 1. The second kappa shape index (κ2) is 5.04. The smallest absolute Gasteiger partial charge is 0.337 e. The Morgan fingerprint density at radius 3 is 2.05 bits per heavy atom. The molecule has 3 nitrogen and oxygen atoms in total. The van der Waals surface area contributed by atoms with Gasteiger partial charge in [-0.05, 0) is 80.0 Å². The molecule has 5 rings (SSSR count). The van der Waals surface area contributed by atoms with Crippen LogP contribution in [-0.2, 0) is 4.74 Å². The molecule has 0 atom stereocenters. The Labute approximate surface area is 125 Å². The Balaban J connectivity index is 1.47. The standard InChI is InChI=1S/C18H22O3/c1-20-18(19)13-2-4-16(5-3-13)21-17-14-7-11-6-12(9-14)10-15(17)8-11/h2-5,11-12,14-15,17H,6-10H2,1H3. The lowest BCUT2D eigenvalue weighted by Crippen LogP contribution is -2.50. The minimum Gasteiger partial charge on any atom is -0.490 e. The number of carbonyl (C=O) groups is 1. The van der Waals surface area contributed by atoms with Crippen LogP contribution in [0.5, 0.6) is 5.75 Å². The van der Waals surface area contributed by atoms with Crippen LogP contribution in [-0.4, -0.2) is 19.2 Å². The molecule has 21 heavy (non-hydrogen) atoms. The highest BCUT2D eigenvalue weighted by atomic mass is 16.5. The van der Waals surface area contributed by atoms with Gasteiger partial charge in [-0.3, -0.25) is 0 Å². The molecule has 1 aromatic carbocycles. The number of hydrogen-bond acceptors (Lipinski definition) is 3. The SMILES string of the molecule is COC(=O)c1ccc(OC2C3CC4CC(C3)CC2C4)cc1. The lowest BCUT2D eigenvalue weighted by atomic mass is 9.55. The van der Waals surface area contributed by atoms with Crippen LogP contribution in [0.2, 0.25) is 0 Å². The monoisotopic (exact) mass is 286 g/mol. The van der Waals surface area contributed by atoms with Crippen molar-refractivity contribution >= 4 is 5.97 Å². The third-order valence-electron chi connectivity index (χ3n) is 5.69. The van der Waals surface area contributed by atoms with E-state index in [9.17, 15) is 4.79 Å². The van der Waals surface area contributed by atoms with E-state index in [4.69, 9.17) is 9.47 Å². The number of esters is 1. The zero-order valence-corrected chi connectivity index (χ0v) is 12.5. The van der Waals surface area contributed by atoms with Crippen LogP contribution in [0.4, 0.5) is 0 Å². The lowest BCUT2D eigenvalue weighted by Gasteiger charge is -2.53. The molecule has 0 heterocycles. The molecule has 0 amide bonds. The van der Waals surface area contributed by atoms with Gasteiger partial charge in [0.2, 0.25) is 0 Å². The number of rotatable bonds is 3. The quantitative estimate of drug-likeness (QED) is 0.795. The highest BCUT2D eigenvalue weighted by Gasteiger charge is 2.49. The van der Waals surface area contributed by atoms with E-state index in [0.717, 1.165) is 29.4 Å². The second-order valence-corrected chi connectivity index (χ2v) is 7.03. The normalized spacial score (nSPS) is 36.5. The van der Waals surface area contributed by atoms with Gasteiger partial charge < -0.3 is 9.47 Å². The molecule has 1 aromatic rings. The Morgan fingerprint density at radius 1 is 0.952 bits per heavy atom. The van der Waals surface area contributed by atoms with E-state index < -0.39 is 0 Å². The number of ether oxygens (including phenoxy) is 2. The maximum atomic E-state index is 11.5. The highest BCUT2D eigenvalue weighted by molar-refractivity contribution is 5.89. The summed E-state index contributed by atoms with van der Waals surface area (Å²) in [4.78, 5) is 11.5. The molecule has 3 heteroatoms. The number of methoxy groups -OCH3 is 1. The van der Waals surface area contributed by atoms with E-state index in [1.165, 1.54) is 39.2 Å². The Kier molecular flexibility index (Phi) is 3.16. The van der Waals surface area contributed by atoms with Gasteiger partial charge in [-0.25, -0.2) is 4.79 Å². The van der Waals surface area contributed by atoms with Crippen LogP contribution >= 0.6 is 0 Å². The van der Waals surface area contributed by atoms with Gasteiger partial charge >= 0.3 is 5.97 Å². The van der Waals surface area contributed by atoms with E-state index in [1.54, 1.807) is 12.1 Å². The van der Waals surface area contributed by atoms with Crippen molar-refractivity contribution in [2.24, 2.45) is 23.7 Å². The first kappa shape index (κ1) is 13.2. The van der Waals surface area contributed by atoms with E-state index in [2.05, 4.69) is 0 Å². The van der Waals surface area contributed by atoms with Gasteiger partial charge in [-0.1, -0.05) is 0 Å². The average Bonchev–Trinajstić information content (AvgIpc) is 2.50. The fraction of sp³-hybridized carbons (Fsp3) is 0.611. The molecule has 0 aliphatic heterocycles. The Bertz CT molecular complexity index is 506. The first-order valence-corrected chi connectivity index (χ1v) is 8.08. The Morgan fingerprint density at radius 2 is 1.52 bits per heavy atom. The summed E-state index contributed by atoms with van der Waals surface area (Å²) < 4.78 is 11.0. The molecule has 0 saturated heterocycles. The number of benzene rings is 1. The third kappa shape index (κ3) is 2.33. The van der Waals surface area contributed by atoms with Gasteiger partial charge in [0.25, 0.3) is 0 Å². The molecule has 112 valence electrons. The van der Waals surface area contributed by atoms with Gasteiger partial charge in [0, 0.05) is 0 Å². The zero-order chi connectivity index (χ0) is 14.4. The van der Waals surface area contributed by atoms with Gasteiger partial charge in [0.1, 0.15) is 11.9 Å². The van der Waals surface area contributed by atoms with Crippen molar-refractivity contribution in [3.63, 3.8) is 0 Å². The summed E-state index contributed by atoms with van der Waals surface area (Å²) in [5.74, 6) is 4.03. The summed E-state index contributed by atoms with van der Waals surface area (Å²) in [5, 5.41) is 0. The van der Waals surface area contributed by atoms with Crippen molar-refractivity contribution in [2.75, 3.05) is 7.11 Å². The van der Waals surface area contributed by atoms with Gasteiger partial charge in [0.05, 0.1) is 12.7 Å². The molecular formula is C18H22O3. The largest absolute Gasteiger partial charge is 0.490 e. The first-order valence-electron chi connectivity index (χ1n) is 8.08. The van der Waals surface area contributed by atoms with Gasteiger partial charge in [-0.15, -0.1) is 0 Å². The zero-order valence-electron chi connectivity index (χ0n) is 12.5. The molecular weight excluding hydrogens is 264 g/mol. The van der Waals surface area contributed by atoms with E-state index in [0.29, 0.717) is 11.7 Å². The molecule has 4 fully saturated rings. The average molecular weight is 286 g/mol. The van der Waals surface area contributed by atoms with Crippen LogP contribution < -0.4 is 4.74 Å². The molecule has 4 aliphatic carbocycles. The summed E-state index contributed by atoms with van der Waals surface area (Å²) in [6.07, 6.45) is 7.29. The number of hydrogen-bond donors (Lipinski definition) is 0. The van der Waals surface area contributed by atoms with Crippen molar-refractivity contribution in [3.8, 4) is 5.75 Å². The van der Waals surface area contributed by atoms with Crippen molar-refractivity contribution in [2.45, 2.75) is 38.2 Å². The summed E-state index contributed by atoms with van der Waals surface area (Å²) in [6.45, 7) is 0. The molecule has 0 N–H and O–H groups in total. The van der Waals surface area contributed by atoms with Crippen molar-refractivity contribution in [1.82, 2.24) is 0 Å². The second-order valence-electron chi connectivity index (χ2n) is 7.03. The molecule has 4 saturated carbocycles. The molecule has 0 unspecified atom stereocenters. The van der Waals surface area contributed by atoms with E-state index in [-0.39, 0.29) is 5.97 Å². The highest BCUT2D eigenvalue weighted by Crippen LogP contribution is 2.54. The maximum Gasteiger partial charge on any atom is 0.337 e. The maximum absolute atomic E-state index is 11.5. The van der Waals surface area contributed by atoms with Gasteiger partial charge in [-0.2, -0.15) is 0 Å². The topological polar surface area (TPSA) is 35.5 Å². The minimum atomic E-state index is -0.295. The van der Waals surface area contributed by atoms with Crippen LogP contribution in [0.15, 0.2) is 24.3 Å². The lowest BCUT2D eigenvalue weighted by molar-refractivity contribution is -0.0789. The minimum absolute atomic E-state index is 0.295. The van der Waals surface area contributed by atoms with E-state index >= 15 is 0 Å². The molecule has 0 spiro atoms. The fourth-order valence-electron chi connectivity index (χ4n) is 5.01. The predicted octanol–water partition coefficient (Wildman–Crippen LogP) is 3.68. The summed E-state index contributed by atoms with van der Waals surface area (Å²) in [6, 6.07) is 7.38. The molecule has 0 aromatic heterocycles. The van der Waals surface area contributed by atoms with Crippen LogP contribution in [0.1, 0.15) is 42.5 Å².